The van der Waals surface area contributed by atoms with E-state index in [0.717, 1.165) is 18.0 Å². The van der Waals surface area contributed by atoms with Gasteiger partial charge in [0.2, 0.25) is 0 Å². The number of nitrogens with zero attached hydrogens (tertiary/aromatic N) is 3. The van der Waals surface area contributed by atoms with Crippen molar-refractivity contribution in [3.63, 3.8) is 0 Å². The molecule has 3 aromatic rings. The molecule has 102 valence electrons. The number of hydrogen-bond acceptors (Lipinski definition) is 4. The van der Waals surface area contributed by atoms with E-state index in [4.69, 9.17) is 4.74 Å². The normalized spacial score (nSPS) is 10.7. The number of hydrogen-bond donors (Lipinski definition) is 0. The molecule has 0 saturated carbocycles. The predicted octanol–water partition coefficient (Wildman–Crippen LogP) is 3.05. The van der Waals surface area contributed by atoms with Crippen LogP contribution in [0.4, 0.5) is 0 Å². The van der Waals surface area contributed by atoms with Gasteiger partial charge in [0.05, 0.1) is 0 Å². The summed E-state index contributed by atoms with van der Waals surface area (Å²) in [6.45, 7) is 0.431. The zero-order chi connectivity index (χ0) is 13.8. The topological polar surface area (TPSA) is 39.9 Å². The van der Waals surface area contributed by atoms with Crippen molar-refractivity contribution in [2.45, 2.75) is 13.0 Å². The van der Waals surface area contributed by atoms with Gasteiger partial charge in [-0.15, -0.1) is 11.3 Å². The summed E-state index contributed by atoms with van der Waals surface area (Å²) < 4.78 is 7.41. The molecule has 0 bridgehead atoms. The fourth-order valence-electron chi connectivity index (χ4n) is 1.92. The van der Waals surface area contributed by atoms with Crippen LogP contribution in [-0.4, -0.2) is 14.8 Å². The van der Waals surface area contributed by atoms with E-state index in [9.17, 15) is 0 Å². The molecule has 2 heterocycles. The molecule has 1 aromatic carbocycles. The fraction of sp³-hybridized carbons (Fsp3) is 0.200. The summed E-state index contributed by atoms with van der Waals surface area (Å²) in [7, 11) is 1.86. The highest BCUT2D eigenvalue weighted by molar-refractivity contribution is 7.09. The highest BCUT2D eigenvalue weighted by Gasteiger charge is 2.02. The van der Waals surface area contributed by atoms with Gasteiger partial charge in [-0.05, 0) is 29.1 Å². The number of rotatable bonds is 5. The Kier molecular flexibility index (Phi) is 3.78. The Morgan fingerprint density at radius 1 is 1.20 bits per heavy atom. The van der Waals surface area contributed by atoms with Crippen LogP contribution in [-0.2, 0) is 20.1 Å². The second kappa shape index (κ2) is 5.88. The SMILES string of the molecule is Cn1ncnc1COc1ccc(Cc2cccs2)cc1. The standard InChI is InChI=1S/C15H15N3OS/c1-18-15(16-11-17-18)10-19-13-6-4-12(5-7-13)9-14-3-2-8-20-14/h2-8,11H,9-10H2,1H3. The fourth-order valence-corrected chi connectivity index (χ4v) is 2.66. The van der Waals surface area contributed by atoms with Crippen LogP contribution in [0.25, 0.3) is 0 Å². The second-order valence-corrected chi connectivity index (χ2v) is 5.52. The molecule has 0 amide bonds. The van der Waals surface area contributed by atoms with E-state index in [1.54, 1.807) is 16.0 Å². The second-order valence-electron chi connectivity index (χ2n) is 4.49. The van der Waals surface area contributed by atoms with E-state index in [0.29, 0.717) is 6.61 Å². The molecule has 5 heteroatoms. The van der Waals surface area contributed by atoms with E-state index >= 15 is 0 Å². The van der Waals surface area contributed by atoms with Crippen molar-refractivity contribution in [1.29, 1.82) is 0 Å². The van der Waals surface area contributed by atoms with Gasteiger partial charge in [-0.3, -0.25) is 4.68 Å². The van der Waals surface area contributed by atoms with Gasteiger partial charge in [-0.1, -0.05) is 18.2 Å². The first-order valence-electron chi connectivity index (χ1n) is 6.38. The Balaban J connectivity index is 1.60. The first kappa shape index (κ1) is 12.9. The summed E-state index contributed by atoms with van der Waals surface area (Å²) in [4.78, 5) is 5.50. The summed E-state index contributed by atoms with van der Waals surface area (Å²) >= 11 is 1.78. The molecular formula is C15H15N3OS. The van der Waals surface area contributed by atoms with Crippen LogP contribution in [0, 0.1) is 0 Å². The van der Waals surface area contributed by atoms with Gasteiger partial charge < -0.3 is 4.74 Å². The summed E-state index contributed by atoms with van der Waals surface area (Å²) in [5.41, 5.74) is 1.29. The minimum absolute atomic E-state index is 0.431. The molecule has 0 aliphatic heterocycles. The van der Waals surface area contributed by atoms with Crippen LogP contribution in [0.15, 0.2) is 48.1 Å². The molecule has 0 aliphatic carbocycles. The lowest BCUT2D eigenvalue weighted by molar-refractivity contribution is 0.289. The first-order chi connectivity index (χ1) is 9.81. The van der Waals surface area contributed by atoms with E-state index in [2.05, 4.69) is 39.7 Å². The maximum Gasteiger partial charge on any atom is 0.164 e. The van der Waals surface area contributed by atoms with Gasteiger partial charge in [0.25, 0.3) is 0 Å². The third-order valence-electron chi connectivity index (χ3n) is 3.05. The van der Waals surface area contributed by atoms with E-state index in [-0.39, 0.29) is 0 Å². The maximum atomic E-state index is 5.70. The maximum absolute atomic E-state index is 5.70. The lowest BCUT2D eigenvalue weighted by atomic mass is 10.1. The monoisotopic (exact) mass is 285 g/mol. The summed E-state index contributed by atoms with van der Waals surface area (Å²) in [5, 5.41) is 6.12. The zero-order valence-corrected chi connectivity index (χ0v) is 12.0. The molecule has 2 aromatic heterocycles. The van der Waals surface area contributed by atoms with Crippen molar-refractivity contribution < 1.29 is 4.74 Å². The lowest BCUT2D eigenvalue weighted by Gasteiger charge is -2.06. The highest BCUT2D eigenvalue weighted by Crippen LogP contribution is 2.18. The average Bonchev–Trinajstić information content (AvgIpc) is 3.10. The predicted molar refractivity (Wildman–Crippen MR) is 78.9 cm³/mol. The Morgan fingerprint density at radius 3 is 2.70 bits per heavy atom. The molecule has 0 N–H and O–H groups in total. The molecule has 3 rings (SSSR count). The minimum Gasteiger partial charge on any atom is -0.486 e. The third-order valence-corrected chi connectivity index (χ3v) is 3.93. The van der Waals surface area contributed by atoms with Gasteiger partial charge in [0, 0.05) is 18.3 Å². The molecule has 0 radical (unpaired) electrons. The van der Waals surface area contributed by atoms with Crippen LogP contribution in [0.3, 0.4) is 0 Å². The number of aromatic nitrogens is 3. The van der Waals surface area contributed by atoms with Crippen molar-refractivity contribution in [2.24, 2.45) is 7.05 Å². The average molecular weight is 285 g/mol. The molecule has 0 fully saturated rings. The number of aryl methyl sites for hydroxylation is 1. The summed E-state index contributed by atoms with van der Waals surface area (Å²) in [6, 6.07) is 12.4. The van der Waals surface area contributed by atoms with Crippen LogP contribution >= 0.6 is 11.3 Å². The lowest BCUT2D eigenvalue weighted by Crippen LogP contribution is -2.04. The quantitative estimate of drug-likeness (QED) is 0.723. The Morgan fingerprint density at radius 2 is 2.05 bits per heavy atom. The van der Waals surface area contributed by atoms with E-state index in [1.807, 2.05) is 19.2 Å². The molecule has 0 atom stereocenters. The first-order valence-corrected chi connectivity index (χ1v) is 7.26. The van der Waals surface area contributed by atoms with Gasteiger partial charge in [-0.25, -0.2) is 4.98 Å². The summed E-state index contributed by atoms with van der Waals surface area (Å²) in [6.07, 6.45) is 2.50. The van der Waals surface area contributed by atoms with Gasteiger partial charge in [0.1, 0.15) is 18.7 Å². The molecule has 20 heavy (non-hydrogen) atoms. The third kappa shape index (κ3) is 3.05. The van der Waals surface area contributed by atoms with Gasteiger partial charge >= 0.3 is 0 Å². The van der Waals surface area contributed by atoms with Gasteiger partial charge in [-0.2, -0.15) is 5.10 Å². The highest BCUT2D eigenvalue weighted by atomic mass is 32.1. The molecule has 0 saturated heterocycles. The van der Waals surface area contributed by atoms with Crippen molar-refractivity contribution >= 4 is 11.3 Å². The number of ether oxygens (including phenoxy) is 1. The van der Waals surface area contributed by atoms with E-state index in [1.165, 1.54) is 16.8 Å². The smallest absolute Gasteiger partial charge is 0.164 e. The summed E-state index contributed by atoms with van der Waals surface area (Å²) in [5.74, 6) is 1.66. The zero-order valence-electron chi connectivity index (χ0n) is 11.2. The van der Waals surface area contributed by atoms with Crippen LogP contribution < -0.4 is 4.74 Å². The van der Waals surface area contributed by atoms with Crippen molar-refractivity contribution in [2.75, 3.05) is 0 Å². The van der Waals surface area contributed by atoms with Crippen LogP contribution in [0.2, 0.25) is 0 Å². The van der Waals surface area contributed by atoms with Crippen molar-refractivity contribution in [3.8, 4) is 5.75 Å². The largest absolute Gasteiger partial charge is 0.486 e. The number of thiophene rings is 1. The Hall–Kier alpha value is -2.14. The van der Waals surface area contributed by atoms with Gasteiger partial charge in [0.15, 0.2) is 5.82 Å². The van der Waals surface area contributed by atoms with Crippen molar-refractivity contribution in [3.05, 3.63) is 64.4 Å². The molecule has 0 unspecified atom stereocenters. The van der Waals surface area contributed by atoms with Crippen molar-refractivity contribution in [1.82, 2.24) is 14.8 Å². The number of benzene rings is 1. The molecule has 4 nitrogen and oxygen atoms in total. The molecular weight excluding hydrogens is 270 g/mol. The minimum atomic E-state index is 0.431. The Bertz CT molecular complexity index is 659. The van der Waals surface area contributed by atoms with Crippen LogP contribution in [0.5, 0.6) is 5.75 Å². The Labute approximate surface area is 121 Å². The van der Waals surface area contributed by atoms with E-state index < -0.39 is 0 Å². The van der Waals surface area contributed by atoms with Crippen LogP contribution in [0.1, 0.15) is 16.3 Å². The molecule has 0 spiro atoms. The molecule has 0 aliphatic rings.